The van der Waals surface area contributed by atoms with Crippen molar-refractivity contribution in [1.29, 1.82) is 0 Å². The van der Waals surface area contributed by atoms with E-state index in [1.807, 2.05) is 11.3 Å². The molecule has 0 saturated heterocycles. The summed E-state index contributed by atoms with van der Waals surface area (Å²) in [6, 6.07) is 2.57. The number of aryl methyl sites for hydroxylation is 1. The van der Waals surface area contributed by atoms with Gasteiger partial charge < -0.3 is 0 Å². The Hall–Kier alpha value is -0.380. The van der Waals surface area contributed by atoms with Crippen LogP contribution in [0.5, 0.6) is 0 Å². The van der Waals surface area contributed by atoms with E-state index in [-0.39, 0.29) is 0 Å². The van der Waals surface area contributed by atoms with Crippen LogP contribution in [0, 0.1) is 12.8 Å². The molecule has 1 fully saturated rings. The Bertz CT molecular complexity index is 302. The molecule has 2 rings (SSSR count). The quantitative estimate of drug-likeness (QED) is 0.609. The highest BCUT2D eigenvalue weighted by atomic mass is 32.1. The van der Waals surface area contributed by atoms with E-state index in [2.05, 4.69) is 23.8 Å². The third-order valence-corrected chi connectivity index (χ3v) is 4.38. The second kappa shape index (κ2) is 5.10. The molecule has 0 aliphatic heterocycles. The van der Waals surface area contributed by atoms with Crippen LogP contribution in [0.1, 0.15) is 48.6 Å². The molecule has 0 amide bonds. The maximum absolute atomic E-state index is 5.67. The van der Waals surface area contributed by atoms with Gasteiger partial charge in [0, 0.05) is 10.9 Å². The molecule has 3 heteroatoms. The predicted molar refractivity (Wildman–Crippen MR) is 65.7 cm³/mol. The summed E-state index contributed by atoms with van der Waals surface area (Å²) in [5.74, 6) is 6.55. The summed E-state index contributed by atoms with van der Waals surface area (Å²) in [5.41, 5.74) is 4.38. The minimum atomic E-state index is 0.361. The fourth-order valence-electron chi connectivity index (χ4n) is 2.62. The molecule has 1 aliphatic carbocycles. The molecule has 15 heavy (non-hydrogen) atoms. The van der Waals surface area contributed by atoms with Crippen LogP contribution in [-0.4, -0.2) is 0 Å². The van der Waals surface area contributed by atoms with Gasteiger partial charge in [-0.1, -0.05) is 25.7 Å². The van der Waals surface area contributed by atoms with Crippen molar-refractivity contribution in [2.24, 2.45) is 11.8 Å². The smallest absolute Gasteiger partial charge is 0.0473 e. The molecule has 1 saturated carbocycles. The van der Waals surface area contributed by atoms with Crippen LogP contribution in [0.2, 0.25) is 0 Å². The van der Waals surface area contributed by atoms with E-state index in [9.17, 15) is 0 Å². The van der Waals surface area contributed by atoms with Gasteiger partial charge in [-0.2, -0.15) is 0 Å². The van der Waals surface area contributed by atoms with Crippen molar-refractivity contribution in [3.63, 3.8) is 0 Å². The minimum Gasteiger partial charge on any atom is -0.271 e. The van der Waals surface area contributed by atoms with Crippen molar-refractivity contribution in [3.05, 3.63) is 21.9 Å². The van der Waals surface area contributed by atoms with Gasteiger partial charge >= 0.3 is 0 Å². The lowest BCUT2D eigenvalue weighted by Gasteiger charge is -2.19. The van der Waals surface area contributed by atoms with E-state index in [1.165, 1.54) is 42.5 Å². The zero-order chi connectivity index (χ0) is 10.7. The van der Waals surface area contributed by atoms with Crippen molar-refractivity contribution in [2.75, 3.05) is 0 Å². The number of rotatable bonds is 4. The van der Waals surface area contributed by atoms with Crippen molar-refractivity contribution in [2.45, 2.75) is 45.1 Å². The number of nitrogens with one attached hydrogen (secondary N) is 1. The first-order chi connectivity index (χ1) is 7.31. The summed E-state index contributed by atoms with van der Waals surface area (Å²) < 4.78 is 0. The molecule has 0 bridgehead atoms. The van der Waals surface area contributed by atoms with E-state index in [0.29, 0.717) is 6.04 Å². The molecular formula is C12H20N2S. The SMILES string of the molecule is Cc1sccc1C(CC1CCCC1)NN. The molecular weight excluding hydrogens is 204 g/mol. The van der Waals surface area contributed by atoms with Crippen molar-refractivity contribution >= 4 is 11.3 Å². The zero-order valence-corrected chi connectivity index (χ0v) is 10.1. The second-order valence-electron chi connectivity index (χ2n) is 4.54. The van der Waals surface area contributed by atoms with Crippen LogP contribution in [-0.2, 0) is 0 Å². The largest absolute Gasteiger partial charge is 0.271 e. The molecule has 84 valence electrons. The average molecular weight is 224 g/mol. The third-order valence-electron chi connectivity index (χ3n) is 3.52. The lowest BCUT2D eigenvalue weighted by molar-refractivity contribution is 0.400. The zero-order valence-electron chi connectivity index (χ0n) is 9.33. The Morgan fingerprint density at radius 2 is 2.27 bits per heavy atom. The van der Waals surface area contributed by atoms with Crippen LogP contribution in [0.15, 0.2) is 11.4 Å². The van der Waals surface area contributed by atoms with Crippen molar-refractivity contribution in [1.82, 2.24) is 5.43 Å². The molecule has 1 aliphatic rings. The number of hydrogen-bond acceptors (Lipinski definition) is 3. The van der Waals surface area contributed by atoms with Gasteiger partial charge in [0.25, 0.3) is 0 Å². The lowest BCUT2D eigenvalue weighted by atomic mass is 9.94. The molecule has 1 aromatic rings. The van der Waals surface area contributed by atoms with Gasteiger partial charge in [-0.05, 0) is 36.3 Å². The predicted octanol–water partition coefficient (Wildman–Crippen LogP) is 3.14. The van der Waals surface area contributed by atoms with Crippen LogP contribution in [0.4, 0.5) is 0 Å². The minimum absolute atomic E-state index is 0.361. The molecule has 2 nitrogen and oxygen atoms in total. The summed E-state index contributed by atoms with van der Waals surface area (Å²) in [6.45, 7) is 2.18. The van der Waals surface area contributed by atoms with Crippen LogP contribution >= 0.6 is 11.3 Å². The van der Waals surface area contributed by atoms with Gasteiger partial charge in [0.2, 0.25) is 0 Å². The standard InChI is InChI=1S/C12H20N2S/c1-9-11(6-7-15-9)12(14-13)8-10-4-2-3-5-10/h6-7,10,12,14H,2-5,8,13H2,1H3. The van der Waals surface area contributed by atoms with E-state index in [1.54, 1.807) is 0 Å². The van der Waals surface area contributed by atoms with Gasteiger partial charge in [0.05, 0.1) is 0 Å². The van der Waals surface area contributed by atoms with E-state index < -0.39 is 0 Å². The fraction of sp³-hybridized carbons (Fsp3) is 0.667. The van der Waals surface area contributed by atoms with Gasteiger partial charge in [-0.3, -0.25) is 11.3 Å². The van der Waals surface area contributed by atoms with Crippen LogP contribution < -0.4 is 11.3 Å². The number of thiophene rings is 1. The Labute approximate surface area is 95.8 Å². The fourth-order valence-corrected chi connectivity index (χ4v) is 3.39. The molecule has 3 N–H and O–H groups in total. The maximum Gasteiger partial charge on any atom is 0.0473 e. The summed E-state index contributed by atoms with van der Waals surface area (Å²) >= 11 is 1.81. The van der Waals surface area contributed by atoms with Crippen LogP contribution in [0.25, 0.3) is 0 Å². The first kappa shape index (κ1) is 11.1. The van der Waals surface area contributed by atoms with Gasteiger partial charge in [0.15, 0.2) is 0 Å². The molecule has 0 radical (unpaired) electrons. The highest BCUT2D eigenvalue weighted by Gasteiger charge is 2.21. The topological polar surface area (TPSA) is 38.0 Å². The Morgan fingerprint density at radius 1 is 1.53 bits per heavy atom. The molecule has 1 unspecified atom stereocenters. The van der Waals surface area contributed by atoms with Crippen molar-refractivity contribution in [3.8, 4) is 0 Å². The maximum atomic E-state index is 5.67. The summed E-state index contributed by atoms with van der Waals surface area (Å²) in [4.78, 5) is 1.40. The number of nitrogens with two attached hydrogens (primary N) is 1. The van der Waals surface area contributed by atoms with Gasteiger partial charge in [-0.15, -0.1) is 11.3 Å². The monoisotopic (exact) mass is 224 g/mol. The molecule has 1 heterocycles. The Morgan fingerprint density at radius 3 is 2.80 bits per heavy atom. The van der Waals surface area contributed by atoms with E-state index in [0.717, 1.165) is 5.92 Å². The first-order valence-electron chi connectivity index (χ1n) is 5.81. The van der Waals surface area contributed by atoms with Crippen LogP contribution in [0.3, 0.4) is 0 Å². The Kier molecular flexibility index (Phi) is 3.78. The highest BCUT2D eigenvalue weighted by molar-refractivity contribution is 7.10. The Balaban J connectivity index is 2.00. The number of hydrogen-bond donors (Lipinski definition) is 2. The van der Waals surface area contributed by atoms with E-state index >= 15 is 0 Å². The van der Waals surface area contributed by atoms with Gasteiger partial charge in [0.1, 0.15) is 0 Å². The second-order valence-corrected chi connectivity index (χ2v) is 5.66. The normalized spacial score (nSPS) is 19.6. The molecule has 1 aromatic heterocycles. The van der Waals surface area contributed by atoms with Gasteiger partial charge in [-0.25, -0.2) is 0 Å². The number of hydrazine groups is 1. The summed E-state index contributed by atoms with van der Waals surface area (Å²) in [7, 11) is 0. The van der Waals surface area contributed by atoms with E-state index in [4.69, 9.17) is 5.84 Å². The summed E-state index contributed by atoms with van der Waals surface area (Å²) in [6.07, 6.45) is 6.80. The summed E-state index contributed by atoms with van der Waals surface area (Å²) in [5, 5.41) is 2.16. The third kappa shape index (κ3) is 2.60. The average Bonchev–Trinajstić information content (AvgIpc) is 2.85. The molecule has 0 spiro atoms. The molecule has 1 atom stereocenters. The highest BCUT2D eigenvalue weighted by Crippen LogP contribution is 2.34. The lowest BCUT2D eigenvalue weighted by Crippen LogP contribution is -2.29. The van der Waals surface area contributed by atoms with Crippen molar-refractivity contribution < 1.29 is 0 Å². The molecule has 0 aromatic carbocycles. The first-order valence-corrected chi connectivity index (χ1v) is 6.69.